The molecule has 1 amide bonds. The fourth-order valence-corrected chi connectivity index (χ4v) is 4.22. The van der Waals surface area contributed by atoms with Gasteiger partial charge in [-0.3, -0.25) is 4.79 Å². The predicted octanol–water partition coefficient (Wildman–Crippen LogP) is 4.25. The topological polar surface area (TPSA) is 95.9 Å². The highest BCUT2D eigenvalue weighted by Gasteiger charge is 2.33. The zero-order valence-corrected chi connectivity index (χ0v) is 18.6. The molecular weight excluding hydrogens is 394 g/mol. The molecule has 1 fully saturated rings. The molecule has 0 radical (unpaired) electrons. The van der Waals surface area contributed by atoms with Gasteiger partial charge in [0.25, 0.3) is 5.91 Å². The van der Waals surface area contributed by atoms with Gasteiger partial charge in [-0.25, -0.2) is 4.79 Å². The Balaban J connectivity index is 1.86. The van der Waals surface area contributed by atoms with E-state index in [9.17, 15) is 19.8 Å². The van der Waals surface area contributed by atoms with Gasteiger partial charge in [0.05, 0.1) is 12.2 Å². The molecule has 3 rings (SSSR count). The van der Waals surface area contributed by atoms with E-state index in [1.807, 2.05) is 30.3 Å². The van der Waals surface area contributed by atoms with E-state index >= 15 is 0 Å². The highest BCUT2D eigenvalue weighted by atomic mass is 16.5. The Labute approximate surface area is 183 Å². The van der Waals surface area contributed by atoms with Crippen molar-refractivity contribution in [3.8, 4) is 5.75 Å². The lowest BCUT2D eigenvalue weighted by Gasteiger charge is -2.29. The molecule has 6 nitrogen and oxygen atoms in total. The van der Waals surface area contributed by atoms with Gasteiger partial charge in [-0.1, -0.05) is 51.1 Å². The lowest BCUT2D eigenvalue weighted by molar-refractivity contribution is -0.142. The van der Waals surface area contributed by atoms with Crippen LogP contribution in [0.1, 0.15) is 56.8 Å². The SMILES string of the molecule is CC(C)(C)C(NC(=O)c1ccc2ccccc2c1OCC1CCC(CO)CC1)C(=O)O. The minimum atomic E-state index is -1.07. The third-order valence-electron chi connectivity index (χ3n) is 6.20. The summed E-state index contributed by atoms with van der Waals surface area (Å²) in [5.41, 5.74) is -0.289. The first-order chi connectivity index (χ1) is 14.7. The molecule has 0 saturated heterocycles. The Morgan fingerprint density at radius 3 is 2.32 bits per heavy atom. The summed E-state index contributed by atoms with van der Waals surface area (Å²) in [7, 11) is 0. The van der Waals surface area contributed by atoms with Gasteiger partial charge >= 0.3 is 5.97 Å². The zero-order valence-electron chi connectivity index (χ0n) is 18.6. The molecular formula is C25H33NO5. The van der Waals surface area contributed by atoms with Crippen LogP contribution >= 0.6 is 0 Å². The van der Waals surface area contributed by atoms with Crippen molar-refractivity contribution in [2.45, 2.75) is 52.5 Å². The standard InChI is InChI=1S/C25H33NO5/c1-25(2,3)22(24(29)30)26-23(28)20-13-12-18-6-4-5-7-19(18)21(20)31-15-17-10-8-16(14-27)9-11-17/h4-7,12-13,16-17,22,27H,8-11,14-15H2,1-3H3,(H,26,28)(H,29,30). The molecule has 1 saturated carbocycles. The number of nitrogens with one attached hydrogen (secondary N) is 1. The first-order valence-corrected chi connectivity index (χ1v) is 11.0. The van der Waals surface area contributed by atoms with E-state index in [4.69, 9.17) is 4.74 Å². The quantitative estimate of drug-likeness (QED) is 0.614. The van der Waals surface area contributed by atoms with E-state index in [-0.39, 0.29) is 6.61 Å². The fraction of sp³-hybridized carbons (Fsp3) is 0.520. The molecule has 0 aliphatic heterocycles. The van der Waals surface area contributed by atoms with Crippen LogP contribution in [0.4, 0.5) is 0 Å². The number of ether oxygens (including phenoxy) is 1. The van der Waals surface area contributed by atoms with Gasteiger partial charge in [-0.15, -0.1) is 0 Å². The van der Waals surface area contributed by atoms with E-state index in [0.717, 1.165) is 36.5 Å². The van der Waals surface area contributed by atoms with E-state index in [2.05, 4.69) is 5.32 Å². The Kier molecular flexibility index (Phi) is 7.21. The average Bonchev–Trinajstić information content (AvgIpc) is 2.74. The molecule has 1 unspecified atom stereocenters. The van der Waals surface area contributed by atoms with E-state index in [1.54, 1.807) is 26.8 Å². The van der Waals surface area contributed by atoms with Crippen LogP contribution in [-0.2, 0) is 4.79 Å². The van der Waals surface area contributed by atoms with Crippen LogP contribution in [-0.4, -0.2) is 41.3 Å². The number of aliphatic carboxylic acids is 1. The Hall–Kier alpha value is -2.60. The Bertz CT molecular complexity index is 925. The molecule has 1 aliphatic rings. The number of rotatable bonds is 7. The van der Waals surface area contributed by atoms with Crippen molar-refractivity contribution in [2.24, 2.45) is 17.3 Å². The number of hydrogen-bond donors (Lipinski definition) is 3. The smallest absolute Gasteiger partial charge is 0.326 e. The lowest BCUT2D eigenvalue weighted by atomic mass is 9.83. The van der Waals surface area contributed by atoms with Gasteiger partial charge in [-0.05, 0) is 54.4 Å². The van der Waals surface area contributed by atoms with Crippen LogP contribution in [0.3, 0.4) is 0 Å². The molecule has 6 heteroatoms. The van der Waals surface area contributed by atoms with Gasteiger partial charge in [0, 0.05) is 12.0 Å². The van der Waals surface area contributed by atoms with Crippen molar-refractivity contribution in [1.82, 2.24) is 5.32 Å². The van der Waals surface area contributed by atoms with Crippen molar-refractivity contribution < 1.29 is 24.5 Å². The number of benzene rings is 2. The third-order valence-corrected chi connectivity index (χ3v) is 6.20. The summed E-state index contributed by atoms with van der Waals surface area (Å²) in [6.07, 6.45) is 3.95. The summed E-state index contributed by atoms with van der Waals surface area (Å²) in [4.78, 5) is 24.9. The maximum Gasteiger partial charge on any atom is 0.326 e. The van der Waals surface area contributed by atoms with Gasteiger partial charge in [-0.2, -0.15) is 0 Å². The lowest BCUT2D eigenvalue weighted by Crippen LogP contribution is -2.49. The number of aliphatic hydroxyl groups excluding tert-OH is 1. The number of fused-ring (bicyclic) bond motifs is 1. The largest absolute Gasteiger partial charge is 0.492 e. The molecule has 3 N–H and O–H groups in total. The van der Waals surface area contributed by atoms with Crippen LogP contribution in [0.2, 0.25) is 0 Å². The molecule has 31 heavy (non-hydrogen) atoms. The number of carboxylic acids is 1. The van der Waals surface area contributed by atoms with Crippen molar-refractivity contribution in [3.63, 3.8) is 0 Å². The normalized spacial score (nSPS) is 20.3. The predicted molar refractivity (Wildman–Crippen MR) is 120 cm³/mol. The van der Waals surface area contributed by atoms with Crippen molar-refractivity contribution in [2.75, 3.05) is 13.2 Å². The highest BCUT2D eigenvalue weighted by Crippen LogP contribution is 2.33. The number of carboxylic acid groups (broad SMARTS) is 1. The van der Waals surface area contributed by atoms with Crippen LogP contribution < -0.4 is 10.1 Å². The maximum atomic E-state index is 13.1. The van der Waals surface area contributed by atoms with E-state index < -0.39 is 23.3 Å². The summed E-state index contributed by atoms with van der Waals surface area (Å²) in [6.45, 7) is 6.08. The second-order valence-corrected chi connectivity index (χ2v) is 9.65. The van der Waals surface area contributed by atoms with Crippen molar-refractivity contribution in [3.05, 3.63) is 42.0 Å². The van der Waals surface area contributed by atoms with Crippen LogP contribution in [0, 0.1) is 17.3 Å². The molecule has 0 bridgehead atoms. The molecule has 0 spiro atoms. The third kappa shape index (κ3) is 5.56. The average molecular weight is 428 g/mol. The number of carbonyl (C=O) groups excluding carboxylic acids is 1. The second kappa shape index (κ2) is 9.69. The molecule has 0 aromatic heterocycles. The molecule has 0 heterocycles. The van der Waals surface area contributed by atoms with Gasteiger partial charge in [0.2, 0.25) is 0 Å². The first-order valence-electron chi connectivity index (χ1n) is 11.0. The first kappa shape index (κ1) is 23.1. The number of carbonyl (C=O) groups is 2. The molecule has 168 valence electrons. The maximum absolute atomic E-state index is 13.1. The minimum absolute atomic E-state index is 0.236. The number of amides is 1. The molecule has 1 aliphatic carbocycles. The molecule has 1 atom stereocenters. The summed E-state index contributed by atoms with van der Waals surface area (Å²) in [6, 6.07) is 10.3. The van der Waals surface area contributed by atoms with Crippen molar-refractivity contribution in [1.29, 1.82) is 0 Å². The van der Waals surface area contributed by atoms with Crippen LogP contribution in [0.15, 0.2) is 36.4 Å². The van der Waals surface area contributed by atoms with Gasteiger partial charge < -0.3 is 20.3 Å². The Morgan fingerprint density at radius 1 is 1.06 bits per heavy atom. The summed E-state index contributed by atoms with van der Waals surface area (Å²) in [5, 5.41) is 23.4. The van der Waals surface area contributed by atoms with Gasteiger partial charge in [0.15, 0.2) is 0 Å². The summed E-state index contributed by atoms with van der Waals surface area (Å²) < 4.78 is 6.24. The molecule has 2 aromatic rings. The van der Waals surface area contributed by atoms with Crippen LogP contribution in [0.25, 0.3) is 10.8 Å². The highest BCUT2D eigenvalue weighted by molar-refractivity contribution is 6.05. The van der Waals surface area contributed by atoms with Crippen LogP contribution in [0.5, 0.6) is 5.75 Å². The fourth-order valence-electron chi connectivity index (χ4n) is 4.22. The summed E-state index contributed by atoms with van der Waals surface area (Å²) in [5.74, 6) is -0.269. The second-order valence-electron chi connectivity index (χ2n) is 9.65. The minimum Gasteiger partial charge on any atom is -0.492 e. The van der Waals surface area contributed by atoms with E-state index in [1.165, 1.54) is 0 Å². The number of aliphatic hydroxyl groups is 1. The van der Waals surface area contributed by atoms with Crippen molar-refractivity contribution >= 4 is 22.6 Å². The Morgan fingerprint density at radius 2 is 1.71 bits per heavy atom. The van der Waals surface area contributed by atoms with Gasteiger partial charge in [0.1, 0.15) is 11.8 Å². The zero-order chi connectivity index (χ0) is 22.6. The number of hydrogen-bond acceptors (Lipinski definition) is 4. The molecule has 2 aromatic carbocycles. The monoisotopic (exact) mass is 427 g/mol. The summed E-state index contributed by atoms with van der Waals surface area (Å²) >= 11 is 0. The van der Waals surface area contributed by atoms with E-state index in [0.29, 0.717) is 29.8 Å².